The number of hydrogen-bond acceptors (Lipinski definition) is 2. The zero-order valence-electron chi connectivity index (χ0n) is 17.3. The highest BCUT2D eigenvalue weighted by molar-refractivity contribution is 5.92. The number of halogens is 1. The van der Waals surface area contributed by atoms with E-state index in [0.29, 0.717) is 0 Å². The van der Waals surface area contributed by atoms with Crippen LogP contribution in [0.2, 0.25) is 0 Å². The Balaban J connectivity index is 2.16. The Morgan fingerprint density at radius 1 is 0.828 bits per heavy atom. The smallest absolute Gasteiger partial charge is 0.137 e. The Hall–Kier alpha value is -2.91. The van der Waals surface area contributed by atoms with Gasteiger partial charge in [0.2, 0.25) is 0 Å². The van der Waals surface area contributed by atoms with E-state index in [4.69, 9.17) is 4.74 Å². The molecule has 0 aromatic heterocycles. The van der Waals surface area contributed by atoms with Crippen LogP contribution in [0.5, 0.6) is 5.75 Å². The van der Waals surface area contributed by atoms with Gasteiger partial charge in [-0.3, -0.25) is 0 Å². The molecule has 0 amide bonds. The summed E-state index contributed by atoms with van der Waals surface area (Å²) in [4.78, 5) is 2.13. The van der Waals surface area contributed by atoms with Gasteiger partial charge in [0.1, 0.15) is 17.7 Å². The number of allylic oxidation sites excluding steroid dienone is 1. The van der Waals surface area contributed by atoms with E-state index in [-0.39, 0.29) is 11.9 Å². The van der Waals surface area contributed by atoms with Crippen molar-refractivity contribution in [1.82, 2.24) is 4.90 Å². The maximum absolute atomic E-state index is 13.5. The predicted molar refractivity (Wildman–Crippen MR) is 119 cm³/mol. The van der Waals surface area contributed by atoms with Crippen molar-refractivity contribution in [3.05, 3.63) is 102 Å². The second kappa shape index (κ2) is 10.0. The maximum atomic E-state index is 13.5. The molecular formula is C26H28FNO. The molecule has 1 atom stereocenters. The molecule has 0 saturated carbocycles. The maximum Gasteiger partial charge on any atom is 0.137 e. The Bertz CT molecular complexity index is 918. The number of nitrogens with zero attached hydrogens (tertiary/aromatic N) is 1. The highest BCUT2D eigenvalue weighted by Gasteiger charge is 2.23. The number of ether oxygens (including phenoxy) is 1. The third-order valence-corrected chi connectivity index (χ3v) is 4.83. The van der Waals surface area contributed by atoms with E-state index < -0.39 is 0 Å². The Morgan fingerprint density at radius 2 is 1.41 bits per heavy atom. The van der Waals surface area contributed by atoms with Gasteiger partial charge in [-0.05, 0) is 61.5 Å². The van der Waals surface area contributed by atoms with E-state index >= 15 is 0 Å². The summed E-state index contributed by atoms with van der Waals surface area (Å²) in [7, 11) is 4.10. The van der Waals surface area contributed by atoms with Crippen LogP contribution in [0.4, 0.5) is 4.39 Å². The summed E-state index contributed by atoms with van der Waals surface area (Å²) >= 11 is 0. The molecule has 0 N–H and O–H groups in total. The summed E-state index contributed by atoms with van der Waals surface area (Å²) in [5.41, 5.74) is 4.45. The van der Waals surface area contributed by atoms with Crippen molar-refractivity contribution < 1.29 is 9.13 Å². The van der Waals surface area contributed by atoms with Crippen LogP contribution in [0.1, 0.15) is 24.5 Å². The summed E-state index contributed by atoms with van der Waals surface area (Å²) in [6.45, 7) is 2.86. The van der Waals surface area contributed by atoms with Gasteiger partial charge in [-0.1, -0.05) is 67.6 Å². The van der Waals surface area contributed by atoms with Crippen LogP contribution in [0.3, 0.4) is 0 Å². The average Bonchev–Trinajstić information content (AvgIpc) is 2.73. The van der Waals surface area contributed by atoms with E-state index in [9.17, 15) is 4.39 Å². The van der Waals surface area contributed by atoms with Crippen molar-refractivity contribution in [1.29, 1.82) is 0 Å². The molecule has 0 aliphatic rings. The number of benzene rings is 3. The molecule has 3 heteroatoms. The van der Waals surface area contributed by atoms with Crippen LogP contribution in [0.15, 0.2) is 84.9 Å². The quantitative estimate of drug-likeness (QED) is 0.428. The standard InChI is InChI=1S/C26H28FNO/c1-4-24(20-15-17-22(27)18-16-20)26(21-11-7-5-8-12-21)25(19-28(2)3)29-23-13-9-6-10-14-23/h5-18,25H,4,19H2,1-3H3. The fourth-order valence-corrected chi connectivity index (χ4v) is 3.56. The van der Waals surface area contributed by atoms with Gasteiger partial charge < -0.3 is 9.64 Å². The molecular weight excluding hydrogens is 361 g/mol. The molecule has 1 unspecified atom stereocenters. The van der Waals surface area contributed by atoms with Crippen LogP contribution >= 0.6 is 0 Å². The van der Waals surface area contributed by atoms with Crippen molar-refractivity contribution in [3.8, 4) is 5.75 Å². The van der Waals surface area contributed by atoms with Crippen molar-refractivity contribution >= 4 is 11.1 Å². The molecule has 0 radical (unpaired) electrons. The van der Waals surface area contributed by atoms with Gasteiger partial charge in [-0.25, -0.2) is 4.39 Å². The zero-order valence-corrected chi connectivity index (χ0v) is 17.3. The van der Waals surface area contributed by atoms with E-state index in [2.05, 4.69) is 24.0 Å². The molecule has 2 nitrogen and oxygen atoms in total. The van der Waals surface area contributed by atoms with Gasteiger partial charge in [-0.15, -0.1) is 0 Å². The predicted octanol–water partition coefficient (Wildman–Crippen LogP) is 6.16. The molecule has 3 aromatic carbocycles. The van der Waals surface area contributed by atoms with Crippen LogP contribution in [0, 0.1) is 5.82 Å². The fourth-order valence-electron chi connectivity index (χ4n) is 3.56. The van der Waals surface area contributed by atoms with Crippen molar-refractivity contribution in [2.45, 2.75) is 19.4 Å². The normalized spacial score (nSPS) is 13.1. The lowest BCUT2D eigenvalue weighted by molar-refractivity contribution is 0.208. The first kappa shape index (κ1) is 20.8. The summed E-state index contributed by atoms with van der Waals surface area (Å²) in [5, 5.41) is 0. The molecule has 29 heavy (non-hydrogen) atoms. The fraction of sp³-hybridized carbons (Fsp3) is 0.231. The van der Waals surface area contributed by atoms with Crippen LogP contribution in [0.25, 0.3) is 11.1 Å². The van der Waals surface area contributed by atoms with E-state index in [1.165, 1.54) is 17.7 Å². The van der Waals surface area contributed by atoms with Crippen molar-refractivity contribution in [3.63, 3.8) is 0 Å². The minimum absolute atomic E-state index is 0.171. The Kier molecular flexibility index (Phi) is 7.20. The third-order valence-electron chi connectivity index (χ3n) is 4.83. The summed E-state index contributed by atoms with van der Waals surface area (Å²) in [6.07, 6.45) is 0.646. The van der Waals surface area contributed by atoms with Crippen molar-refractivity contribution in [2.75, 3.05) is 20.6 Å². The van der Waals surface area contributed by atoms with Gasteiger partial charge in [-0.2, -0.15) is 0 Å². The topological polar surface area (TPSA) is 12.5 Å². The molecule has 0 aliphatic heterocycles. The minimum Gasteiger partial charge on any atom is -0.484 e. The minimum atomic E-state index is -0.226. The molecule has 150 valence electrons. The highest BCUT2D eigenvalue weighted by atomic mass is 19.1. The molecule has 0 bridgehead atoms. The van der Waals surface area contributed by atoms with Gasteiger partial charge in [0.15, 0.2) is 0 Å². The Morgan fingerprint density at radius 3 is 1.97 bits per heavy atom. The van der Waals surface area contributed by atoms with E-state index in [1.807, 2.05) is 74.8 Å². The SMILES string of the molecule is CCC(=C(c1ccccc1)C(CN(C)C)Oc1ccccc1)c1ccc(F)cc1. The number of hydrogen-bond donors (Lipinski definition) is 0. The molecule has 0 spiro atoms. The number of para-hydroxylation sites is 1. The summed E-state index contributed by atoms with van der Waals surface area (Å²) in [5.74, 6) is 0.609. The second-order valence-corrected chi connectivity index (χ2v) is 7.30. The number of rotatable bonds is 8. The van der Waals surface area contributed by atoms with Gasteiger partial charge in [0.25, 0.3) is 0 Å². The van der Waals surface area contributed by atoms with E-state index in [0.717, 1.165) is 35.4 Å². The first-order valence-corrected chi connectivity index (χ1v) is 9.99. The zero-order chi connectivity index (χ0) is 20.6. The van der Waals surface area contributed by atoms with Crippen LogP contribution in [-0.4, -0.2) is 31.6 Å². The van der Waals surface area contributed by atoms with Crippen LogP contribution < -0.4 is 4.74 Å². The van der Waals surface area contributed by atoms with E-state index in [1.54, 1.807) is 0 Å². The molecule has 0 aliphatic carbocycles. The number of likely N-dealkylation sites (N-methyl/N-ethyl adjacent to an activating group) is 1. The average molecular weight is 390 g/mol. The molecule has 0 fully saturated rings. The lowest BCUT2D eigenvalue weighted by atomic mass is 9.89. The van der Waals surface area contributed by atoms with Crippen LogP contribution in [-0.2, 0) is 0 Å². The monoisotopic (exact) mass is 389 g/mol. The van der Waals surface area contributed by atoms with Crippen molar-refractivity contribution in [2.24, 2.45) is 0 Å². The lowest BCUT2D eigenvalue weighted by Crippen LogP contribution is -2.32. The second-order valence-electron chi connectivity index (χ2n) is 7.30. The lowest BCUT2D eigenvalue weighted by Gasteiger charge is -2.28. The largest absolute Gasteiger partial charge is 0.484 e. The highest BCUT2D eigenvalue weighted by Crippen LogP contribution is 2.34. The third kappa shape index (κ3) is 5.55. The molecule has 0 saturated heterocycles. The summed E-state index contributed by atoms with van der Waals surface area (Å²) in [6, 6.07) is 27.0. The first-order valence-electron chi connectivity index (χ1n) is 9.99. The first-order chi connectivity index (χ1) is 14.1. The molecule has 0 heterocycles. The summed E-state index contributed by atoms with van der Waals surface area (Å²) < 4.78 is 20.0. The van der Waals surface area contributed by atoms with Gasteiger partial charge >= 0.3 is 0 Å². The van der Waals surface area contributed by atoms with Gasteiger partial charge in [0.05, 0.1) is 0 Å². The Labute approximate surface area is 173 Å². The molecule has 3 aromatic rings. The van der Waals surface area contributed by atoms with Gasteiger partial charge in [0, 0.05) is 12.1 Å². The molecule has 3 rings (SSSR count).